The van der Waals surface area contributed by atoms with Gasteiger partial charge in [-0.3, -0.25) is 0 Å². The first-order valence-corrected chi connectivity index (χ1v) is 4.61. The molecule has 0 fully saturated rings. The summed E-state index contributed by atoms with van der Waals surface area (Å²) in [7, 11) is 0. The Morgan fingerprint density at radius 1 is 1.47 bits per heavy atom. The Kier molecular flexibility index (Phi) is 2.41. The number of nitrogens with zero attached hydrogens (tertiary/aromatic N) is 1. The zero-order valence-corrected chi connectivity index (χ0v) is 8.33. The normalized spacial score (nSPS) is 10.5. The minimum atomic E-state index is -0.249. The van der Waals surface area contributed by atoms with Crippen molar-refractivity contribution < 1.29 is 8.81 Å². The Bertz CT molecular complexity index is 479. The third-order valence-electron chi connectivity index (χ3n) is 2.17. The Balaban J connectivity index is 2.25. The van der Waals surface area contributed by atoms with Crippen molar-refractivity contribution in [3.63, 3.8) is 0 Å². The summed E-state index contributed by atoms with van der Waals surface area (Å²) in [6.07, 6.45) is 0.532. The van der Waals surface area contributed by atoms with E-state index in [2.05, 4.69) is 4.98 Å². The SMILES string of the molecule is Cc1oc(N)nc1Cc1cccc(F)c1. The van der Waals surface area contributed by atoms with Gasteiger partial charge in [0.05, 0.1) is 5.69 Å². The molecule has 0 aliphatic heterocycles. The van der Waals surface area contributed by atoms with E-state index < -0.39 is 0 Å². The van der Waals surface area contributed by atoms with Crippen LogP contribution in [0.4, 0.5) is 10.4 Å². The van der Waals surface area contributed by atoms with Gasteiger partial charge in [0.25, 0.3) is 6.01 Å². The van der Waals surface area contributed by atoms with Crippen molar-refractivity contribution in [1.82, 2.24) is 4.98 Å². The van der Waals surface area contributed by atoms with E-state index in [9.17, 15) is 4.39 Å². The molecule has 15 heavy (non-hydrogen) atoms. The summed E-state index contributed by atoms with van der Waals surface area (Å²) in [5.74, 6) is 0.429. The number of benzene rings is 1. The first-order valence-electron chi connectivity index (χ1n) is 4.61. The zero-order chi connectivity index (χ0) is 10.8. The summed E-state index contributed by atoms with van der Waals surface area (Å²) < 4.78 is 18.0. The van der Waals surface area contributed by atoms with Crippen LogP contribution in [0.3, 0.4) is 0 Å². The van der Waals surface area contributed by atoms with Crippen LogP contribution in [0.15, 0.2) is 28.7 Å². The van der Waals surface area contributed by atoms with E-state index >= 15 is 0 Å². The maximum absolute atomic E-state index is 12.9. The van der Waals surface area contributed by atoms with Crippen molar-refractivity contribution in [3.05, 3.63) is 47.1 Å². The number of anilines is 1. The Labute approximate surface area is 86.7 Å². The predicted molar refractivity (Wildman–Crippen MR) is 54.9 cm³/mol. The lowest BCUT2D eigenvalue weighted by Crippen LogP contribution is -1.92. The van der Waals surface area contributed by atoms with Gasteiger partial charge in [-0.25, -0.2) is 4.39 Å². The minimum absolute atomic E-state index is 0.152. The highest BCUT2D eigenvalue weighted by Crippen LogP contribution is 2.16. The average Bonchev–Trinajstić information content (AvgIpc) is 2.45. The first kappa shape index (κ1) is 9.71. The zero-order valence-electron chi connectivity index (χ0n) is 8.33. The topological polar surface area (TPSA) is 52.0 Å². The van der Waals surface area contributed by atoms with E-state index in [1.807, 2.05) is 6.07 Å². The fourth-order valence-electron chi connectivity index (χ4n) is 1.45. The van der Waals surface area contributed by atoms with E-state index in [4.69, 9.17) is 10.2 Å². The lowest BCUT2D eigenvalue weighted by molar-refractivity contribution is 0.545. The van der Waals surface area contributed by atoms with E-state index in [0.29, 0.717) is 12.2 Å². The maximum Gasteiger partial charge on any atom is 0.292 e. The van der Waals surface area contributed by atoms with E-state index in [1.165, 1.54) is 12.1 Å². The molecule has 1 aromatic heterocycles. The molecule has 0 atom stereocenters. The number of nitrogens with two attached hydrogens (primary N) is 1. The molecule has 2 aromatic rings. The molecule has 0 unspecified atom stereocenters. The molecule has 0 spiro atoms. The molecule has 0 saturated carbocycles. The predicted octanol–water partition coefficient (Wildman–Crippen LogP) is 2.30. The van der Waals surface area contributed by atoms with Gasteiger partial charge in [0.2, 0.25) is 0 Å². The molecular weight excluding hydrogens is 195 g/mol. The van der Waals surface area contributed by atoms with E-state index in [0.717, 1.165) is 11.3 Å². The lowest BCUT2D eigenvalue weighted by Gasteiger charge is -1.98. The molecule has 3 nitrogen and oxygen atoms in total. The number of aromatic nitrogens is 1. The van der Waals surface area contributed by atoms with Gasteiger partial charge >= 0.3 is 0 Å². The van der Waals surface area contributed by atoms with Crippen LogP contribution in [-0.2, 0) is 6.42 Å². The molecule has 2 N–H and O–H groups in total. The molecule has 1 heterocycles. The quantitative estimate of drug-likeness (QED) is 0.820. The van der Waals surface area contributed by atoms with Gasteiger partial charge in [0, 0.05) is 6.42 Å². The van der Waals surface area contributed by atoms with Crippen LogP contribution < -0.4 is 5.73 Å². The fraction of sp³-hybridized carbons (Fsp3) is 0.182. The highest BCUT2D eigenvalue weighted by atomic mass is 19.1. The smallest absolute Gasteiger partial charge is 0.292 e. The second-order valence-corrected chi connectivity index (χ2v) is 3.36. The number of nitrogen functional groups attached to an aromatic ring is 1. The number of halogens is 1. The summed E-state index contributed by atoms with van der Waals surface area (Å²) in [5, 5.41) is 0. The second kappa shape index (κ2) is 3.73. The van der Waals surface area contributed by atoms with Crippen LogP contribution in [0, 0.1) is 12.7 Å². The minimum Gasteiger partial charge on any atom is -0.429 e. The van der Waals surface area contributed by atoms with Crippen LogP contribution in [0.1, 0.15) is 17.0 Å². The van der Waals surface area contributed by atoms with Crippen molar-refractivity contribution in [2.75, 3.05) is 5.73 Å². The van der Waals surface area contributed by atoms with Crippen LogP contribution >= 0.6 is 0 Å². The van der Waals surface area contributed by atoms with Gasteiger partial charge in [-0.2, -0.15) is 4.98 Å². The van der Waals surface area contributed by atoms with Gasteiger partial charge in [0.1, 0.15) is 11.6 Å². The van der Waals surface area contributed by atoms with Gasteiger partial charge in [-0.1, -0.05) is 12.1 Å². The molecule has 1 aromatic carbocycles. The Morgan fingerprint density at radius 2 is 2.27 bits per heavy atom. The first-order chi connectivity index (χ1) is 7.15. The van der Waals surface area contributed by atoms with Gasteiger partial charge in [0.15, 0.2) is 0 Å². The third-order valence-corrected chi connectivity index (χ3v) is 2.17. The highest BCUT2D eigenvalue weighted by molar-refractivity contribution is 5.27. The number of rotatable bonds is 2. The number of hydrogen-bond acceptors (Lipinski definition) is 3. The maximum atomic E-state index is 12.9. The van der Waals surface area contributed by atoms with Gasteiger partial charge in [-0.05, 0) is 24.6 Å². The molecule has 0 aliphatic rings. The molecule has 78 valence electrons. The Morgan fingerprint density at radius 3 is 2.87 bits per heavy atom. The Hall–Kier alpha value is -1.84. The largest absolute Gasteiger partial charge is 0.429 e. The molecule has 0 aliphatic carbocycles. The van der Waals surface area contributed by atoms with Crippen molar-refractivity contribution in [3.8, 4) is 0 Å². The fourth-order valence-corrected chi connectivity index (χ4v) is 1.45. The monoisotopic (exact) mass is 206 g/mol. The van der Waals surface area contributed by atoms with Crippen LogP contribution in [0.2, 0.25) is 0 Å². The number of aryl methyl sites for hydroxylation is 1. The standard InChI is InChI=1S/C11H11FN2O/c1-7-10(14-11(13)15-7)6-8-3-2-4-9(12)5-8/h2-5H,6H2,1H3,(H2,13,14). The molecular formula is C11H11FN2O. The summed E-state index contributed by atoms with van der Waals surface area (Å²) in [4.78, 5) is 4.02. The highest BCUT2D eigenvalue weighted by Gasteiger charge is 2.07. The number of hydrogen-bond donors (Lipinski definition) is 1. The second-order valence-electron chi connectivity index (χ2n) is 3.36. The summed E-state index contributed by atoms with van der Waals surface area (Å²) in [6.45, 7) is 1.79. The molecule has 0 saturated heterocycles. The van der Waals surface area contributed by atoms with E-state index in [1.54, 1.807) is 13.0 Å². The van der Waals surface area contributed by atoms with Crippen LogP contribution in [0.25, 0.3) is 0 Å². The molecule has 2 rings (SSSR count). The van der Waals surface area contributed by atoms with E-state index in [-0.39, 0.29) is 11.8 Å². The molecule has 0 amide bonds. The van der Waals surface area contributed by atoms with Crippen molar-refractivity contribution in [1.29, 1.82) is 0 Å². The molecule has 0 radical (unpaired) electrons. The summed E-state index contributed by atoms with van der Waals surface area (Å²) in [6, 6.07) is 6.55. The third kappa shape index (κ3) is 2.15. The van der Waals surface area contributed by atoms with Crippen LogP contribution in [0.5, 0.6) is 0 Å². The van der Waals surface area contributed by atoms with Crippen molar-refractivity contribution in [2.45, 2.75) is 13.3 Å². The van der Waals surface area contributed by atoms with Crippen molar-refractivity contribution >= 4 is 6.01 Å². The lowest BCUT2D eigenvalue weighted by atomic mass is 10.1. The van der Waals surface area contributed by atoms with Gasteiger partial charge in [-0.15, -0.1) is 0 Å². The number of oxazole rings is 1. The average molecular weight is 206 g/mol. The molecule has 4 heteroatoms. The molecule has 0 bridgehead atoms. The van der Waals surface area contributed by atoms with Crippen LogP contribution in [-0.4, -0.2) is 4.98 Å². The van der Waals surface area contributed by atoms with Gasteiger partial charge < -0.3 is 10.2 Å². The summed E-state index contributed by atoms with van der Waals surface area (Å²) >= 11 is 0. The summed E-state index contributed by atoms with van der Waals surface area (Å²) in [5.41, 5.74) is 7.01. The van der Waals surface area contributed by atoms with Crippen molar-refractivity contribution in [2.24, 2.45) is 0 Å².